The van der Waals surface area contributed by atoms with Crippen LogP contribution in [0.25, 0.3) is 0 Å². The number of nitrogens with two attached hydrogens (primary N) is 1. The molecule has 2 unspecified atom stereocenters. The van der Waals surface area contributed by atoms with Gasteiger partial charge in [-0.15, -0.1) is 21.5 Å². The van der Waals surface area contributed by atoms with Crippen LogP contribution in [0.15, 0.2) is 12.1 Å². The summed E-state index contributed by atoms with van der Waals surface area (Å²) in [5.74, 6) is 2.37. The molecular formula is C27H40N6O2S. The van der Waals surface area contributed by atoms with Gasteiger partial charge < -0.3 is 15.6 Å². The highest BCUT2D eigenvalue weighted by Crippen LogP contribution is 2.42. The summed E-state index contributed by atoms with van der Waals surface area (Å²) >= 11 is 1.42. The minimum Gasteiger partial charge on any atom is -0.365 e. The Morgan fingerprint density at radius 2 is 1.78 bits per heavy atom. The number of nitrogens with zero attached hydrogens (tertiary/aromatic N) is 4. The second kappa shape index (κ2) is 10.6. The molecule has 8 nitrogen and oxygen atoms in total. The summed E-state index contributed by atoms with van der Waals surface area (Å²) in [6.45, 7) is 7.40. The van der Waals surface area contributed by atoms with Crippen molar-refractivity contribution >= 4 is 23.2 Å². The van der Waals surface area contributed by atoms with Crippen molar-refractivity contribution in [2.45, 2.75) is 109 Å². The molecule has 0 aromatic carbocycles. The van der Waals surface area contributed by atoms with Crippen LogP contribution >= 0.6 is 11.3 Å². The van der Waals surface area contributed by atoms with E-state index in [0.717, 1.165) is 68.0 Å². The zero-order valence-electron chi connectivity index (χ0n) is 21.8. The smallest absolute Gasteiger partial charge is 0.258 e. The van der Waals surface area contributed by atoms with Crippen LogP contribution in [0.1, 0.15) is 116 Å². The van der Waals surface area contributed by atoms with Crippen molar-refractivity contribution in [3.05, 3.63) is 33.5 Å². The van der Waals surface area contributed by atoms with Crippen LogP contribution in [0, 0.1) is 12.8 Å². The third-order valence-corrected chi connectivity index (χ3v) is 9.78. The lowest BCUT2D eigenvalue weighted by Crippen LogP contribution is -2.45. The first-order valence-electron chi connectivity index (χ1n) is 13.7. The number of amides is 2. The van der Waals surface area contributed by atoms with Gasteiger partial charge in [-0.3, -0.25) is 14.5 Å². The number of thiophene rings is 1. The lowest BCUT2D eigenvalue weighted by Gasteiger charge is -2.40. The summed E-state index contributed by atoms with van der Waals surface area (Å²) in [5.41, 5.74) is 5.52. The van der Waals surface area contributed by atoms with Gasteiger partial charge in [-0.2, -0.15) is 0 Å². The monoisotopic (exact) mass is 512 g/mol. The highest BCUT2D eigenvalue weighted by molar-refractivity contribution is 7.14. The van der Waals surface area contributed by atoms with E-state index >= 15 is 0 Å². The highest BCUT2D eigenvalue weighted by atomic mass is 32.1. The molecule has 0 spiro atoms. The zero-order valence-corrected chi connectivity index (χ0v) is 22.6. The summed E-state index contributed by atoms with van der Waals surface area (Å²) in [5, 5.41) is 12.2. The number of carbonyl (C=O) groups is 2. The van der Waals surface area contributed by atoms with Gasteiger partial charge in [0, 0.05) is 41.4 Å². The average molecular weight is 513 g/mol. The summed E-state index contributed by atoms with van der Waals surface area (Å²) in [4.78, 5) is 29.0. The second-order valence-electron chi connectivity index (χ2n) is 11.3. The third kappa shape index (κ3) is 5.09. The molecule has 2 aliphatic heterocycles. The van der Waals surface area contributed by atoms with E-state index in [1.165, 1.54) is 24.2 Å². The molecule has 3 aliphatic rings. The van der Waals surface area contributed by atoms with Gasteiger partial charge in [-0.05, 0) is 64.0 Å². The van der Waals surface area contributed by atoms with E-state index in [2.05, 4.69) is 45.8 Å². The van der Waals surface area contributed by atoms with Crippen LogP contribution in [0.4, 0.5) is 0 Å². The molecule has 3 atom stereocenters. The summed E-state index contributed by atoms with van der Waals surface area (Å²) in [7, 11) is 0. The van der Waals surface area contributed by atoms with Gasteiger partial charge in [-0.25, -0.2) is 0 Å². The van der Waals surface area contributed by atoms with Gasteiger partial charge >= 0.3 is 0 Å². The third-order valence-electron chi connectivity index (χ3n) is 8.57. The summed E-state index contributed by atoms with van der Waals surface area (Å²) in [6.07, 6.45) is 9.77. The molecule has 2 aromatic heterocycles. The molecule has 0 radical (unpaired) electrons. The number of rotatable bonds is 9. The Morgan fingerprint density at radius 1 is 1.08 bits per heavy atom. The first kappa shape index (κ1) is 25.4. The maximum Gasteiger partial charge on any atom is 0.258 e. The van der Waals surface area contributed by atoms with Crippen molar-refractivity contribution < 1.29 is 9.59 Å². The molecule has 2 amide bonds. The van der Waals surface area contributed by atoms with Crippen molar-refractivity contribution in [3.63, 3.8) is 0 Å². The molecule has 3 N–H and O–H groups in total. The van der Waals surface area contributed by atoms with Crippen LogP contribution in [0.5, 0.6) is 0 Å². The fourth-order valence-corrected chi connectivity index (χ4v) is 7.71. The number of piperidine rings is 1. The minimum absolute atomic E-state index is 0.0824. The van der Waals surface area contributed by atoms with Gasteiger partial charge in [0.15, 0.2) is 0 Å². The Bertz CT molecular complexity index is 1070. The fourth-order valence-electron chi connectivity index (χ4n) is 6.77. The number of fused-ring (bicyclic) bond motifs is 2. The molecule has 2 bridgehead atoms. The summed E-state index contributed by atoms with van der Waals surface area (Å²) in [6, 6.07) is 5.23. The van der Waals surface area contributed by atoms with E-state index in [1.54, 1.807) is 6.07 Å². The van der Waals surface area contributed by atoms with Crippen LogP contribution in [-0.2, 0) is 4.79 Å². The molecule has 196 valence electrons. The number of carbonyl (C=O) groups excluding carboxylic acids is 2. The zero-order chi connectivity index (χ0) is 25.4. The number of hydrogen-bond donors (Lipinski definition) is 2. The Morgan fingerprint density at radius 3 is 2.39 bits per heavy atom. The molecule has 4 heterocycles. The standard InChI is InChI=1S/C27H40N6O2S/c1-16(2)26-31-30-17(3)33(26)21-14-19-8-9-20(15-21)32(19)13-12-22(23-10-11-24(36-23)25(28)34)29-27(35)18-6-4-5-7-18/h10-11,16,18-22H,4-9,12-15H2,1-3H3,(H2,28,34)(H,29,35)/t19?,20?,21?,22-/m0/s1. The van der Waals surface area contributed by atoms with Gasteiger partial charge in [0.05, 0.1) is 10.9 Å². The SMILES string of the molecule is Cc1nnc(C(C)C)n1C1CC2CCC(C1)N2CC[C@H](NC(=O)C1CCCC1)c1ccc(C(N)=O)s1. The van der Waals surface area contributed by atoms with E-state index < -0.39 is 5.91 Å². The Balaban J connectivity index is 1.28. The molecule has 1 aliphatic carbocycles. The largest absolute Gasteiger partial charge is 0.365 e. The van der Waals surface area contributed by atoms with E-state index in [1.807, 2.05) is 6.07 Å². The van der Waals surface area contributed by atoms with Gasteiger partial charge in [0.2, 0.25) is 5.91 Å². The maximum absolute atomic E-state index is 13.0. The molecule has 36 heavy (non-hydrogen) atoms. The van der Waals surface area contributed by atoms with Gasteiger partial charge in [-0.1, -0.05) is 26.7 Å². The van der Waals surface area contributed by atoms with Gasteiger partial charge in [0.1, 0.15) is 11.6 Å². The van der Waals surface area contributed by atoms with Crippen molar-refractivity contribution in [2.75, 3.05) is 6.54 Å². The molecule has 2 aromatic rings. The number of nitrogens with one attached hydrogen (secondary N) is 1. The summed E-state index contributed by atoms with van der Waals surface area (Å²) < 4.78 is 2.40. The van der Waals surface area contributed by atoms with Gasteiger partial charge in [0.25, 0.3) is 5.91 Å². The lowest BCUT2D eigenvalue weighted by atomic mass is 9.95. The Labute approximate surface area is 218 Å². The van der Waals surface area contributed by atoms with Crippen molar-refractivity contribution in [3.8, 4) is 0 Å². The molecule has 5 rings (SSSR count). The Hall–Kier alpha value is -2.26. The lowest BCUT2D eigenvalue weighted by molar-refractivity contribution is -0.125. The maximum atomic E-state index is 13.0. The van der Waals surface area contributed by atoms with E-state index in [-0.39, 0.29) is 17.9 Å². The first-order valence-corrected chi connectivity index (χ1v) is 14.5. The molecule has 3 fully saturated rings. The number of hydrogen-bond acceptors (Lipinski definition) is 6. The number of aryl methyl sites for hydroxylation is 1. The Kier molecular flexibility index (Phi) is 7.49. The van der Waals surface area contributed by atoms with Crippen LogP contribution in [0.3, 0.4) is 0 Å². The molecular weight excluding hydrogens is 472 g/mol. The van der Waals surface area contributed by atoms with Crippen molar-refractivity contribution in [1.29, 1.82) is 0 Å². The number of primary amides is 1. The fraction of sp³-hybridized carbons (Fsp3) is 0.704. The van der Waals surface area contributed by atoms with Crippen molar-refractivity contribution in [2.24, 2.45) is 11.7 Å². The second-order valence-corrected chi connectivity index (χ2v) is 12.4. The van der Waals surface area contributed by atoms with Crippen LogP contribution in [-0.4, -0.2) is 50.1 Å². The molecule has 1 saturated carbocycles. The average Bonchev–Trinajstić information content (AvgIpc) is 3.63. The predicted octanol–water partition coefficient (Wildman–Crippen LogP) is 4.48. The van der Waals surface area contributed by atoms with E-state index in [9.17, 15) is 9.59 Å². The highest BCUT2D eigenvalue weighted by Gasteiger charge is 2.42. The first-order chi connectivity index (χ1) is 17.3. The topological polar surface area (TPSA) is 106 Å². The number of aromatic nitrogens is 3. The van der Waals surface area contributed by atoms with E-state index in [4.69, 9.17) is 5.73 Å². The molecule has 9 heteroatoms. The normalized spacial score (nSPS) is 25.5. The van der Waals surface area contributed by atoms with Crippen LogP contribution in [0.2, 0.25) is 0 Å². The van der Waals surface area contributed by atoms with E-state index in [0.29, 0.717) is 28.9 Å². The predicted molar refractivity (Wildman–Crippen MR) is 141 cm³/mol. The molecule has 2 saturated heterocycles. The van der Waals surface area contributed by atoms with Crippen LogP contribution < -0.4 is 11.1 Å². The minimum atomic E-state index is -0.405. The van der Waals surface area contributed by atoms with Crippen molar-refractivity contribution in [1.82, 2.24) is 25.0 Å². The quantitative estimate of drug-likeness (QED) is 0.515.